The highest BCUT2D eigenvalue weighted by molar-refractivity contribution is 5.79. The van der Waals surface area contributed by atoms with Gasteiger partial charge in [-0.2, -0.15) is 0 Å². The lowest BCUT2D eigenvalue weighted by atomic mass is 10.00. The Hall–Kier alpha value is -3.16. The van der Waals surface area contributed by atoms with E-state index in [2.05, 4.69) is 23.6 Å². The van der Waals surface area contributed by atoms with Gasteiger partial charge in [-0.1, -0.05) is 49.4 Å². The standard InChI is InChI=1S/C27H29F3N2O2/c1-2-18-6-5-7-19(10-18)16-31-17-26(33)25(13-20-11-22(28)15-23(29)12-20)32-27(34)14-21-8-3-4-9-24(21)30/h3-12,15,25-26,31,33H,2,13-14,16-17H2,1H3,(H,32,34)/t25-,26-/m0/s1. The number of hydrogen-bond donors (Lipinski definition) is 3. The number of benzene rings is 3. The average Bonchev–Trinajstić information content (AvgIpc) is 2.79. The van der Waals surface area contributed by atoms with Gasteiger partial charge in [0.15, 0.2) is 0 Å². The van der Waals surface area contributed by atoms with Crippen LogP contribution in [0.2, 0.25) is 0 Å². The van der Waals surface area contributed by atoms with Crippen molar-refractivity contribution in [3.8, 4) is 0 Å². The Balaban J connectivity index is 1.67. The minimum absolute atomic E-state index is 0.00581. The predicted octanol–water partition coefficient (Wildman–Crippen LogP) is 4.09. The largest absolute Gasteiger partial charge is 0.390 e. The smallest absolute Gasteiger partial charge is 0.224 e. The molecule has 0 aliphatic rings. The molecule has 4 nitrogen and oxygen atoms in total. The molecule has 180 valence electrons. The van der Waals surface area contributed by atoms with Gasteiger partial charge in [0.2, 0.25) is 5.91 Å². The molecular formula is C27H29F3N2O2. The topological polar surface area (TPSA) is 61.4 Å². The SMILES string of the molecule is CCc1cccc(CNC[C@H](O)[C@H](Cc2cc(F)cc(F)c2)NC(=O)Cc2ccccc2F)c1. The van der Waals surface area contributed by atoms with Gasteiger partial charge in [-0.05, 0) is 53.3 Å². The van der Waals surface area contributed by atoms with Crippen molar-refractivity contribution in [2.45, 2.75) is 44.9 Å². The molecule has 0 aliphatic carbocycles. The van der Waals surface area contributed by atoms with Crippen molar-refractivity contribution in [1.82, 2.24) is 10.6 Å². The summed E-state index contributed by atoms with van der Waals surface area (Å²) in [5, 5.41) is 16.7. The van der Waals surface area contributed by atoms with Gasteiger partial charge in [-0.25, -0.2) is 13.2 Å². The second kappa shape index (κ2) is 12.3. The minimum Gasteiger partial charge on any atom is -0.390 e. The zero-order valence-electron chi connectivity index (χ0n) is 19.0. The van der Waals surface area contributed by atoms with Crippen LogP contribution in [0.1, 0.15) is 29.2 Å². The molecule has 0 spiro atoms. The lowest BCUT2D eigenvalue weighted by molar-refractivity contribution is -0.122. The molecule has 3 aromatic rings. The molecule has 3 N–H and O–H groups in total. The summed E-state index contributed by atoms with van der Waals surface area (Å²) < 4.78 is 41.3. The summed E-state index contributed by atoms with van der Waals surface area (Å²) in [6.45, 7) is 2.72. The first-order valence-electron chi connectivity index (χ1n) is 11.3. The number of halogens is 3. The van der Waals surface area contributed by atoms with Crippen molar-refractivity contribution < 1.29 is 23.1 Å². The molecule has 3 rings (SSSR count). The molecule has 1 amide bonds. The first-order chi connectivity index (χ1) is 16.3. The van der Waals surface area contributed by atoms with Crippen molar-refractivity contribution >= 4 is 5.91 Å². The van der Waals surface area contributed by atoms with Gasteiger partial charge in [0, 0.05) is 19.2 Å². The van der Waals surface area contributed by atoms with Crippen LogP contribution in [0.15, 0.2) is 66.7 Å². The van der Waals surface area contributed by atoms with E-state index in [1.807, 2.05) is 18.2 Å². The third-order valence-corrected chi connectivity index (χ3v) is 5.58. The number of carbonyl (C=O) groups excluding carboxylic acids is 1. The van der Waals surface area contributed by atoms with E-state index >= 15 is 0 Å². The van der Waals surface area contributed by atoms with Crippen LogP contribution in [0.4, 0.5) is 13.2 Å². The van der Waals surface area contributed by atoms with E-state index in [0.717, 1.165) is 30.2 Å². The van der Waals surface area contributed by atoms with Gasteiger partial charge in [-0.3, -0.25) is 4.79 Å². The molecule has 0 heterocycles. The van der Waals surface area contributed by atoms with Crippen LogP contribution < -0.4 is 10.6 Å². The summed E-state index contributed by atoms with van der Waals surface area (Å²) in [4.78, 5) is 12.6. The summed E-state index contributed by atoms with van der Waals surface area (Å²) in [6.07, 6.45) is -0.349. The van der Waals surface area contributed by atoms with Gasteiger partial charge in [0.1, 0.15) is 17.5 Å². The maximum absolute atomic E-state index is 13.9. The van der Waals surface area contributed by atoms with Crippen LogP contribution in [0, 0.1) is 17.5 Å². The van der Waals surface area contributed by atoms with Crippen LogP contribution >= 0.6 is 0 Å². The fourth-order valence-corrected chi connectivity index (χ4v) is 3.80. The van der Waals surface area contributed by atoms with E-state index in [9.17, 15) is 23.1 Å². The van der Waals surface area contributed by atoms with Crippen LogP contribution in [0.25, 0.3) is 0 Å². The molecule has 0 aromatic heterocycles. The highest BCUT2D eigenvalue weighted by Gasteiger charge is 2.23. The van der Waals surface area contributed by atoms with Crippen molar-refractivity contribution in [1.29, 1.82) is 0 Å². The van der Waals surface area contributed by atoms with E-state index in [-0.39, 0.29) is 24.9 Å². The molecule has 34 heavy (non-hydrogen) atoms. The van der Waals surface area contributed by atoms with Crippen LogP contribution in [0.3, 0.4) is 0 Å². The normalized spacial score (nSPS) is 12.9. The van der Waals surface area contributed by atoms with Gasteiger partial charge in [0.25, 0.3) is 0 Å². The van der Waals surface area contributed by atoms with E-state index in [4.69, 9.17) is 0 Å². The van der Waals surface area contributed by atoms with Crippen LogP contribution in [-0.4, -0.2) is 29.7 Å². The quantitative estimate of drug-likeness (QED) is 0.396. The van der Waals surface area contributed by atoms with Gasteiger partial charge in [-0.15, -0.1) is 0 Å². The zero-order chi connectivity index (χ0) is 24.5. The number of aliphatic hydroxyl groups is 1. The number of nitrogens with one attached hydrogen (secondary N) is 2. The summed E-state index contributed by atoms with van der Waals surface area (Å²) in [7, 11) is 0. The van der Waals surface area contributed by atoms with Gasteiger partial charge in [0.05, 0.1) is 18.6 Å². The molecular weight excluding hydrogens is 441 g/mol. The van der Waals surface area contributed by atoms with Crippen molar-refractivity contribution in [2.75, 3.05) is 6.54 Å². The Morgan fingerprint density at radius 3 is 2.32 bits per heavy atom. The van der Waals surface area contributed by atoms with E-state index in [1.165, 1.54) is 23.8 Å². The van der Waals surface area contributed by atoms with E-state index < -0.39 is 35.5 Å². The Kier molecular flexibility index (Phi) is 9.24. The minimum atomic E-state index is -1.05. The maximum Gasteiger partial charge on any atom is 0.224 e. The highest BCUT2D eigenvalue weighted by Crippen LogP contribution is 2.13. The fraction of sp³-hybridized carbons (Fsp3) is 0.296. The second-order valence-electron chi connectivity index (χ2n) is 8.30. The summed E-state index contributed by atoms with van der Waals surface area (Å²) >= 11 is 0. The molecule has 0 unspecified atom stereocenters. The number of amides is 1. The Bertz CT molecular complexity index is 1090. The molecule has 0 aliphatic heterocycles. The Morgan fingerprint density at radius 2 is 1.62 bits per heavy atom. The third kappa shape index (κ3) is 7.71. The Morgan fingerprint density at radius 1 is 0.912 bits per heavy atom. The van der Waals surface area contributed by atoms with Crippen molar-refractivity contribution in [2.24, 2.45) is 0 Å². The number of hydrogen-bond acceptors (Lipinski definition) is 3. The molecule has 0 saturated carbocycles. The van der Waals surface area contributed by atoms with E-state index in [0.29, 0.717) is 12.1 Å². The van der Waals surface area contributed by atoms with Crippen LogP contribution in [0.5, 0.6) is 0 Å². The predicted molar refractivity (Wildman–Crippen MR) is 126 cm³/mol. The Labute approximate surface area is 197 Å². The van der Waals surface area contributed by atoms with E-state index in [1.54, 1.807) is 6.07 Å². The molecule has 0 radical (unpaired) electrons. The summed E-state index contributed by atoms with van der Waals surface area (Å²) in [5.41, 5.74) is 2.77. The molecule has 0 saturated heterocycles. The molecule has 3 aromatic carbocycles. The number of aliphatic hydroxyl groups excluding tert-OH is 1. The summed E-state index contributed by atoms with van der Waals surface area (Å²) in [6, 6.07) is 16.2. The second-order valence-corrected chi connectivity index (χ2v) is 8.30. The van der Waals surface area contributed by atoms with Crippen molar-refractivity contribution in [3.63, 3.8) is 0 Å². The van der Waals surface area contributed by atoms with Gasteiger partial charge < -0.3 is 15.7 Å². The molecule has 0 fully saturated rings. The number of carbonyl (C=O) groups is 1. The summed E-state index contributed by atoms with van der Waals surface area (Å²) in [5.74, 6) is -2.48. The van der Waals surface area contributed by atoms with Crippen molar-refractivity contribution in [3.05, 3.63) is 106 Å². The monoisotopic (exact) mass is 470 g/mol. The zero-order valence-corrected chi connectivity index (χ0v) is 19.0. The maximum atomic E-state index is 13.9. The molecule has 7 heteroatoms. The average molecular weight is 471 g/mol. The van der Waals surface area contributed by atoms with Gasteiger partial charge >= 0.3 is 0 Å². The molecule has 2 atom stereocenters. The first-order valence-corrected chi connectivity index (χ1v) is 11.3. The number of aryl methyl sites for hydroxylation is 1. The highest BCUT2D eigenvalue weighted by atomic mass is 19.1. The fourth-order valence-electron chi connectivity index (χ4n) is 3.80. The lowest BCUT2D eigenvalue weighted by Gasteiger charge is -2.25. The lowest BCUT2D eigenvalue weighted by Crippen LogP contribution is -2.49. The number of rotatable bonds is 11. The first kappa shape index (κ1) is 25.5. The van der Waals surface area contributed by atoms with Crippen LogP contribution in [-0.2, 0) is 30.6 Å². The third-order valence-electron chi connectivity index (χ3n) is 5.58. The molecule has 0 bridgehead atoms.